The molecule has 0 bridgehead atoms. The molecule has 7 heteroatoms. The fourth-order valence-corrected chi connectivity index (χ4v) is 1.28. The highest BCUT2D eigenvalue weighted by Gasteiger charge is 2.50. The van der Waals surface area contributed by atoms with Gasteiger partial charge < -0.3 is 4.74 Å². The SMILES string of the molecule is CCOC(=O)C(C(F)=Nc1ccccc1)C(F)(F)F. The van der Waals surface area contributed by atoms with Gasteiger partial charge in [-0.05, 0) is 19.1 Å². The summed E-state index contributed by atoms with van der Waals surface area (Å²) in [4.78, 5) is 14.3. The fourth-order valence-electron chi connectivity index (χ4n) is 1.28. The summed E-state index contributed by atoms with van der Waals surface area (Å²) >= 11 is 0. The number of rotatable bonds is 4. The van der Waals surface area contributed by atoms with Crippen molar-refractivity contribution in [2.75, 3.05) is 6.61 Å². The lowest BCUT2D eigenvalue weighted by Gasteiger charge is -2.16. The molecule has 0 radical (unpaired) electrons. The number of halogens is 4. The molecule has 0 heterocycles. The Morgan fingerprint density at radius 3 is 2.37 bits per heavy atom. The predicted molar refractivity (Wildman–Crippen MR) is 60.8 cm³/mol. The first-order valence-corrected chi connectivity index (χ1v) is 5.38. The Labute approximate surface area is 106 Å². The molecule has 19 heavy (non-hydrogen) atoms. The Morgan fingerprint density at radius 1 is 1.32 bits per heavy atom. The first-order valence-electron chi connectivity index (χ1n) is 5.38. The number of carbonyl (C=O) groups excluding carboxylic acids is 1. The van der Waals surface area contributed by atoms with Crippen LogP contribution in [0.1, 0.15) is 6.92 Å². The van der Waals surface area contributed by atoms with Crippen molar-refractivity contribution in [1.82, 2.24) is 0 Å². The molecule has 104 valence electrons. The quantitative estimate of drug-likeness (QED) is 0.480. The van der Waals surface area contributed by atoms with Crippen molar-refractivity contribution >= 4 is 17.6 Å². The Hall–Kier alpha value is -1.92. The predicted octanol–water partition coefficient (Wildman–Crippen LogP) is 3.43. The van der Waals surface area contributed by atoms with Gasteiger partial charge in [-0.25, -0.2) is 4.99 Å². The van der Waals surface area contributed by atoms with E-state index in [4.69, 9.17) is 0 Å². The lowest BCUT2D eigenvalue weighted by atomic mass is 10.1. The van der Waals surface area contributed by atoms with Crippen LogP contribution in [0.4, 0.5) is 23.2 Å². The summed E-state index contributed by atoms with van der Waals surface area (Å²) in [7, 11) is 0. The summed E-state index contributed by atoms with van der Waals surface area (Å²) in [6, 6.07) is 7.21. The van der Waals surface area contributed by atoms with Crippen LogP contribution in [0.3, 0.4) is 0 Å². The van der Waals surface area contributed by atoms with Gasteiger partial charge >= 0.3 is 12.1 Å². The van der Waals surface area contributed by atoms with Crippen LogP contribution in [0, 0.1) is 5.92 Å². The summed E-state index contributed by atoms with van der Waals surface area (Å²) in [6.07, 6.45) is -5.09. The Morgan fingerprint density at radius 2 is 1.89 bits per heavy atom. The van der Waals surface area contributed by atoms with Gasteiger partial charge in [0, 0.05) is 0 Å². The smallest absolute Gasteiger partial charge is 0.410 e. The number of ether oxygens (including phenoxy) is 1. The van der Waals surface area contributed by atoms with Crippen LogP contribution in [-0.2, 0) is 9.53 Å². The third-order valence-electron chi connectivity index (χ3n) is 2.08. The van der Waals surface area contributed by atoms with Gasteiger partial charge in [0.2, 0.25) is 11.9 Å². The summed E-state index contributed by atoms with van der Waals surface area (Å²) in [5.41, 5.74) is -0.0152. The van der Waals surface area contributed by atoms with Gasteiger partial charge in [-0.1, -0.05) is 18.2 Å². The summed E-state index contributed by atoms with van der Waals surface area (Å²) in [6.45, 7) is 1.06. The molecule has 0 spiro atoms. The molecule has 0 aromatic heterocycles. The topological polar surface area (TPSA) is 38.7 Å². The van der Waals surface area contributed by atoms with Gasteiger partial charge in [0.25, 0.3) is 0 Å². The zero-order valence-corrected chi connectivity index (χ0v) is 9.95. The van der Waals surface area contributed by atoms with Crippen molar-refractivity contribution in [3.63, 3.8) is 0 Å². The molecule has 0 fully saturated rings. The molecule has 0 aliphatic carbocycles. The number of aliphatic imine (C=N–C) groups is 1. The molecule has 1 aromatic rings. The monoisotopic (exact) mass is 277 g/mol. The van der Waals surface area contributed by atoms with Crippen molar-refractivity contribution in [1.29, 1.82) is 0 Å². The third kappa shape index (κ3) is 4.35. The van der Waals surface area contributed by atoms with Crippen molar-refractivity contribution in [2.45, 2.75) is 13.1 Å². The highest BCUT2D eigenvalue weighted by atomic mass is 19.4. The van der Waals surface area contributed by atoms with Crippen LogP contribution in [0.25, 0.3) is 0 Å². The number of para-hydroxylation sites is 1. The first-order chi connectivity index (χ1) is 8.86. The van der Waals surface area contributed by atoms with E-state index in [9.17, 15) is 22.4 Å². The zero-order valence-electron chi connectivity index (χ0n) is 9.95. The van der Waals surface area contributed by atoms with Crippen LogP contribution in [0.5, 0.6) is 0 Å². The Balaban J connectivity index is 3.05. The number of nitrogens with zero attached hydrogens (tertiary/aromatic N) is 1. The van der Waals surface area contributed by atoms with E-state index in [2.05, 4.69) is 9.73 Å². The second kappa shape index (κ2) is 6.31. The van der Waals surface area contributed by atoms with Gasteiger partial charge in [0.1, 0.15) is 0 Å². The lowest BCUT2D eigenvalue weighted by molar-refractivity contribution is -0.185. The lowest BCUT2D eigenvalue weighted by Crippen LogP contribution is -2.37. The van der Waals surface area contributed by atoms with Crippen molar-refractivity contribution < 1.29 is 27.1 Å². The van der Waals surface area contributed by atoms with Crippen molar-refractivity contribution in [2.24, 2.45) is 10.9 Å². The highest BCUT2D eigenvalue weighted by Crippen LogP contribution is 2.30. The van der Waals surface area contributed by atoms with E-state index in [0.717, 1.165) is 0 Å². The maximum Gasteiger partial charge on any atom is 0.410 e. The molecule has 1 rings (SSSR count). The van der Waals surface area contributed by atoms with Crippen LogP contribution in [0.15, 0.2) is 35.3 Å². The molecule has 0 aliphatic rings. The van der Waals surface area contributed by atoms with E-state index < -0.39 is 24.0 Å². The number of hydrogen-bond donors (Lipinski definition) is 0. The Bertz CT molecular complexity index is 457. The van der Waals surface area contributed by atoms with Crippen LogP contribution in [-0.4, -0.2) is 24.7 Å². The molecule has 0 N–H and O–H groups in total. The molecule has 3 nitrogen and oxygen atoms in total. The van der Waals surface area contributed by atoms with Crippen molar-refractivity contribution in [3.05, 3.63) is 30.3 Å². The van der Waals surface area contributed by atoms with Crippen molar-refractivity contribution in [3.8, 4) is 0 Å². The fraction of sp³-hybridized carbons (Fsp3) is 0.333. The van der Waals surface area contributed by atoms with Gasteiger partial charge in [0.15, 0.2) is 0 Å². The van der Waals surface area contributed by atoms with Gasteiger partial charge in [0.05, 0.1) is 12.3 Å². The maximum atomic E-state index is 13.6. The normalized spacial score (nSPS) is 14.1. The second-order valence-corrected chi connectivity index (χ2v) is 3.50. The van der Waals surface area contributed by atoms with Gasteiger partial charge in [-0.15, -0.1) is 0 Å². The number of alkyl halides is 3. The molecular formula is C12H11F4NO2. The average molecular weight is 277 g/mol. The molecule has 0 aliphatic heterocycles. The number of esters is 1. The van der Waals surface area contributed by atoms with E-state index in [1.807, 2.05) is 0 Å². The molecule has 1 unspecified atom stereocenters. The average Bonchev–Trinajstić information content (AvgIpc) is 2.28. The summed E-state index contributed by atoms with van der Waals surface area (Å²) < 4.78 is 55.6. The van der Waals surface area contributed by atoms with E-state index >= 15 is 0 Å². The second-order valence-electron chi connectivity index (χ2n) is 3.50. The minimum Gasteiger partial charge on any atom is -0.465 e. The van der Waals surface area contributed by atoms with E-state index in [1.165, 1.54) is 31.2 Å². The molecule has 1 aromatic carbocycles. The van der Waals surface area contributed by atoms with Crippen LogP contribution < -0.4 is 0 Å². The molecule has 0 saturated carbocycles. The summed E-state index contributed by atoms with van der Waals surface area (Å²) in [5.74, 6) is -6.53. The first kappa shape index (κ1) is 15.1. The molecule has 0 amide bonds. The molecule has 0 saturated heterocycles. The molecule has 1 atom stereocenters. The number of benzene rings is 1. The minimum atomic E-state index is -5.09. The van der Waals surface area contributed by atoms with Gasteiger partial charge in [-0.2, -0.15) is 17.6 Å². The van der Waals surface area contributed by atoms with Crippen LogP contribution >= 0.6 is 0 Å². The minimum absolute atomic E-state index is 0.0152. The standard InChI is InChI=1S/C12H11F4NO2/c1-2-19-11(18)9(12(14,15)16)10(13)17-8-6-4-3-5-7-8/h3-7,9H,2H2,1H3. The van der Waals surface area contributed by atoms with E-state index in [1.54, 1.807) is 6.07 Å². The maximum absolute atomic E-state index is 13.6. The Kier molecular flexibility index (Phi) is 5.02. The number of hydrogen-bond acceptors (Lipinski definition) is 3. The van der Waals surface area contributed by atoms with Gasteiger partial charge in [-0.3, -0.25) is 4.79 Å². The van der Waals surface area contributed by atoms with E-state index in [-0.39, 0.29) is 12.3 Å². The number of carbonyl (C=O) groups is 1. The third-order valence-corrected chi connectivity index (χ3v) is 2.08. The highest BCUT2D eigenvalue weighted by molar-refractivity contribution is 5.99. The zero-order chi connectivity index (χ0) is 14.5. The largest absolute Gasteiger partial charge is 0.465 e. The summed E-state index contributed by atoms with van der Waals surface area (Å²) in [5, 5.41) is 0. The molecular weight excluding hydrogens is 266 g/mol. The van der Waals surface area contributed by atoms with E-state index in [0.29, 0.717) is 0 Å². The van der Waals surface area contributed by atoms with Crippen LogP contribution in [0.2, 0.25) is 0 Å².